The van der Waals surface area contributed by atoms with Gasteiger partial charge in [0.2, 0.25) is 0 Å². The van der Waals surface area contributed by atoms with E-state index in [1.807, 2.05) is 60.7 Å². The van der Waals surface area contributed by atoms with Crippen molar-refractivity contribution in [3.05, 3.63) is 120 Å². The van der Waals surface area contributed by atoms with Crippen LogP contribution in [-0.2, 0) is 10.8 Å². The fourth-order valence-electron chi connectivity index (χ4n) is 6.05. The van der Waals surface area contributed by atoms with Gasteiger partial charge >= 0.3 is 249 Å². The average Bonchev–Trinajstić information content (AvgIpc) is 2.94. The van der Waals surface area contributed by atoms with Gasteiger partial charge in [0.25, 0.3) is 0 Å². The van der Waals surface area contributed by atoms with Crippen LogP contribution in [-0.4, -0.2) is 14.7 Å². The van der Waals surface area contributed by atoms with Gasteiger partial charge in [-0.15, -0.1) is 0 Å². The molecule has 0 aliphatic rings. The van der Waals surface area contributed by atoms with Gasteiger partial charge in [0.1, 0.15) is 0 Å². The summed E-state index contributed by atoms with van der Waals surface area (Å²) >= 11 is 0. The van der Waals surface area contributed by atoms with E-state index in [1.165, 1.54) is 5.56 Å². The molecule has 42 heavy (non-hydrogen) atoms. The van der Waals surface area contributed by atoms with Gasteiger partial charge in [-0.2, -0.15) is 0 Å². The van der Waals surface area contributed by atoms with E-state index in [0.717, 1.165) is 43.4 Å². The van der Waals surface area contributed by atoms with Crippen LogP contribution in [0.4, 0.5) is 0 Å². The predicted octanol–water partition coefficient (Wildman–Crippen LogP) is 8.63. The van der Waals surface area contributed by atoms with Gasteiger partial charge in [0.05, 0.1) is 0 Å². The number of fused-ring (bicyclic) bond motifs is 3. The maximum absolute atomic E-state index is 12.2. The fraction of sp³-hybridized carbons (Fsp3) is 0.211. The summed E-state index contributed by atoms with van der Waals surface area (Å²) in [6, 6.07) is 35.4. The van der Waals surface area contributed by atoms with Gasteiger partial charge in [0, 0.05) is 0 Å². The van der Waals surface area contributed by atoms with E-state index in [-0.39, 0.29) is 21.4 Å². The van der Waals surface area contributed by atoms with E-state index in [1.54, 1.807) is 18.2 Å². The van der Waals surface area contributed by atoms with Crippen LogP contribution in [0.15, 0.2) is 109 Å². The van der Waals surface area contributed by atoms with Crippen molar-refractivity contribution in [2.45, 2.75) is 52.4 Å². The minimum atomic E-state index is -5.61. The Morgan fingerprint density at radius 3 is 1.79 bits per heavy atom. The van der Waals surface area contributed by atoms with E-state index in [9.17, 15) is 14.7 Å². The van der Waals surface area contributed by atoms with Gasteiger partial charge in [0.15, 0.2) is 0 Å². The number of hydrogen-bond acceptors (Lipinski definition) is 3. The second kappa shape index (κ2) is 9.46. The van der Waals surface area contributed by atoms with Crippen LogP contribution in [0.25, 0.3) is 43.4 Å². The van der Waals surface area contributed by atoms with Gasteiger partial charge in [-0.1, -0.05) is 0 Å². The molecule has 0 radical (unpaired) electrons. The van der Waals surface area contributed by atoms with Crippen LogP contribution in [0, 0.1) is 0 Å². The zero-order valence-corrected chi connectivity index (χ0v) is 26.1. The van der Waals surface area contributed by atoms with E-state index < -0.39 is 7.28 Å². The molecule has 214 valence electrons. The van der Waals surface area contributed by atoms with E-state index in [2.05, 4.69) is 71.9 Å². The number of benzene rings is 6. The summed E-state index contributed by atoms with van der Waals surface area (Å²) in [5.74, 6) is 0. The second-order valence-electron chi connectivity index (χ2n) is 13.7. The standard InChI is InChI=1S/C38H39O3P/c1-37(2,3)30-18-15-28-23-33(34(38(4,5)6)24-29(28)21-30)36-32-14-10-9-12-26(32)17-20-35(36)42(39,40,41)31-19-16-25-11-7-8-13-27(25)22-31/h7-24,39-41H,1-6H3. The third kappa shape index (κ3) is 4.81. The molecule has 0 atom stereocenters. The van der Waals surface area contributed by atoms with Crippen molar-refractivity contribution >= 4 is 50.2 Å². The summed E-state index contributed by atoms with van der Waals surface area (Å²) in [5.41, 5.74) is 3.62. The summed E-state index contributed by atoms with van der Waals surface area (Å²) < 4.78 is 0. The van der Waals surface area contributed by atoms with E-state index in [0.29, 0.717) is 5.56 Å². The number of rotatable bonds is 3. The molecule has 0 unspecified atom stereocenters. The van der Waals surface area contributed by atoms with Crippen LogP contribution in [0.1, 0.15) is 52.7 Å². The maximum atomic E-state index is 12.2. The molecule has 6 rings (SSSR count). The quantitative estimate of drug-likeness (QED) is 0.185. The first-order valence-corrected chi connectivity index (χ1v) is 16.6. The third-order valence-corrected chi connectivity index (χ3v) is 11.0. The zero-order valence-electron chi connectivity index (χ0n) is 25.2. The third-order valence-electron chi connectivity index (χ3n) is 8.48. The molecule has 0 fully saturated rings. The minimum absolute atomic E-state index is 0.0132. The molecule has 3 nitrogen and oxygen atoms in total. The molecule has 0 spiro atoms. The van der Waals surface area contributed by atoms with Crippen LogP contribution < -0.4 is 10.6 Å². The van der Waals surface area contributed by atoms with Crippen molar-refractivity contribution in [2.75, 3.05) is 0 Å². The molecule has 3 N–H and O–H groups in total. The van der Waals surface area contributed by atoms with Crippen LogP contribution >= 0.6 is 7.28 Å². The Morgan fingerprint density at radius 1 is 0.500 bits per heavy atom. The average molecular weight is 575 g/mol. The molecular weight excluding hydrogens is 535 g/mol. The molecule has 0 aliphatic heterocycles. The van der Waals surface area contributed by atoms with E-state index in [4.69, 9.17) is 0 Å². The Morgan fingerprint density at radius 2 is 1.10 bits per heavy atom. The van der Waals surface area contributed by atoms with Crippen molar-refractivity contribution in [3.8, 4) is 11.1 Å². The molecule has 6 aromatic rings. The number of hydrogen-bond donors (Lipinski definition) is 3. The van der Waals surface area contributed by atoms with Crippen molar-refractivity contribution in [3.63, 3.8) is 0 Å². The molecular formula is C38H39O3P. The Labute approximate surface area is 248 Å². The SMILES string of the molecule is CC(C)(C)c1ccc2cc(-c3c(P(O)(O)(O)c4ccc5ccccc5c4)ccc4ccccc34)c(C(C)(C)C)cc2c1. The Kier molecular flexibility index (Phi) is 6.42. The van der Waals surface area contributed by atoms with Crippen LogP contribution in [0.3, 0.4) is 0 Å². The van der Waals surface area contributed by atoms with Crippen molar-refractivity contribution in [2.24, 2.45) is 0 Å². The molecule has 0 aromatic heterocycles. The zero-order chi connectivity index (χ0) is 30.1. The van der Waals surface area contributed by atoms with Crippen molar-refractivity contribution in [1.29, 1.82) is 0 Å². The second-order valence-corrected chi connectivity index (χ2v) is 16.6. The van der Waals surface area contributed by atoms with Crippen LogP contribution in [0.2, 0.25) is 0 Å². The topological polar surface area (TPSA) is 60.7 Å². The summed E-state index contributed by atoms with van der Waals surface area (Å²) in [4.78, 5) is 36.5. The van der Waals surface area contributed by atoms with Gasteiger partial charge in [-0.25, -0.2) is 0 Å². The summed E-state index contributed by atoms with van der Waals surface area (Å²) in [7, 11) is -5.61. The Balaban J connectivity index is 1.72. The fourth-order valence-corrected chi connectivity index (χ4v) is 8.06. The molecule has 0 amide bonds. The first-order chi connectivity index (χ1) is 19.6. The van der Waals surface area contributed by atoms with Gasteiger partial charge in [-0.05, 0) is 0 Å². The molecule has 0 aliphatic carbocycles. The van der Waals surface area contributed by atoms with Crippen LogP contribution in [0.5, 0.6) is 0 Å². The summed E-state index contributed by atoms with van der Waals surface area (Å²) in [6.07, 6.45) is 0. The molecule has 6 aromatic carbocycles. The Bertz CT molecular complexity index is 2000. The first-order valence-electron chi connectivity index (χ1n) is 14.5. The predicted molar refractivity (Wildman–Crippen MR) is 181 cm³/mol. The van der Waals surface area contributed by atoms with Crippen molar-refractivity contribution in [1.82, 2.24) is 0 Å². The van der Waals surface area contributed by atoms with Crippen molar-refractivity contribution < 1.29 is 14.7 Å². The monoisotopic (exact) mass is 574 g/mol. The summed E-state index contributed by atoms with van der Waals surface area (Å²) in [6.45, 7) is 13.2. The normalized spacial score (nSPS) is 13.9. The molecule has 0 saturated heterocycles. The molecule has 0 saturated carbocycles. The first kappa shape index (κ1) is 28.5. The Hall–Kier alpha value is -3.59. The molecule has 0 bridgehead atoms. The van der Waals surface area contributed by atoms with E-state index >= 15 is 0 Å². The summed E-state index contributed by atoms with van der Waals surface area (Å²) in [5, 5.41) is 6.08. The molecule has 4 heteroatoms. The molecule has 0 heterocycles. The van der Waals surface area contributed by atoms with Gasteiger partial charge in [-0.3, -0.25) is 0 Å². The van der Waals surface area contributed by atoms with Gasteiger partial charge < -0.3 is 0 Å².